The number of rotatable bonds is 11. The van der Waals surface area contributed by atoms with Gasteiger partial charge in [0.1, 0.15) is 0 Å². The van der Waals surface area contributed by atoms with Gasteiger partial charge < -0.3 is 4.74 Å². The Morgan fingerprint density at radius 2 is 1.35 bits per heavy atom. The molecule has 100 valence electrons. The molecule has 0 saturated heterocycles. The van der Waals surface area contributed by atoms with E-state index in [9.17, 15) is 9.59 Å². The molecule has 0 aliphatic carbocycles. The lowest BCUT2D eigenvalue weighted by Gasteiger charge is -2.11. The lowest BCUT2D eigenvalue weighted by Crippen LogP contribution is -2.29. The van der Waals surface area contributed by atoms with Crippen molar-refractivity contribution >= 4 is 11.6 Å². The molecule has 0 heterocycles. The van der Waals surface area contributed by atoms with E-state index in [0.29, 0.717) is 6.61 Å². The Morgan fingerprint density at radius 1 is 0.882 bits per heavy atom. The first kappa shape index (κ1) is 16.3. The molecular formula is C14H26O3. The van der Waals surface area contributed by atoms with Gasteiger partial charge >= 0.3 is 0 Å². The summed E-state index contributed by atoms with van der Waals surface area (Å²) in [4.78, 5) is 22.2. The zero-order valence-corrected chi connectivity index (χ0v) is 11.5. The summed E-state index contributed by atoms with van der Waals surface area (Å²) < 4.78 is 5.29. The molecule has 0 aliphatic heterocycles. The van der Waals surface area contributed by atoms with Gasteiger partial charge in [-0.3, -0.25) is 9.59 Å². The van der Waals surface area contributed by atoms with E-state index in [2.05, 4.69) is 6.92 Å². The van der Waals surface area contributed by atoms with Crippen molar-refractivity contribution in [3.05, 3.63) is 0 Å². The van der Waals surface area contributed by atoms with Crippen molar-refractivity contribution in [2.45, 2.75) is 71.8 Å². The van der Waals surface area contributed by atoms with Crippen molar-refractivity contribution in [1.29, 1.82) is 0 Å². The van der Waals surface area contributed by atoms with Gasteiger partial charge in [0, 0.05) is 6.61 Å². The highest BCUT2D eigenvalue weighted by molar-refractivity contribution is 6.03. The number of ketones is 2. The Balaban J connectivity index is 3.43. The van der Waals surface area contributed by atoms with Gasteiger partial charge in [0.15, 0.2) is 17.7 Å². The van der Waals surface area contributed by atoms with Crippen LogP contribution >= 0.6 is 0 Å². The first-order valence-electron chi connectivity index (χ1n) is 6.72. The number of hydrogen-bond donors (Lipinski definition) is 0. The van der Waals surface area contributed by atoms with Crippen LogP contribution < -0.4 is 0 Å². The summed E-state index contributed by atoms with van der Waals surface area (Å²) in [6, 6.07) is 0. The maximum absolute atomic E-state index is 11.1. The molecule has 0 aromatic heterocycles. The molecule has 0 atom stereocenters. The van der Waals surface area contributed by atoms with Gasteiger partial charge in [-0.05, 0) is 20.3 Å². The highest BCUT2D eigenvalue weighted by atomic mass is 16.5. The van der Waals surface area contributed by atoms with Gasteiger partial charge in [-0.1, -0.05) is 45.4 Å². The van der Waals surface area contributed by atoms with Crippen LogP contribution in [-0.4, -0.2) is 24.3 Å². The van der Waals surface area contributed by atoms with E-state index in [0.717, 1.165) is 12.8 Å². The van der Waals surface area contributed by atoms with Crippen molar-refractivity contribution in [2.24, 2.45) is 0 Å². The molecule has 0 amide bonds. The fraction of sp³-hybridized carbons (Fsp3) is 0.857. The van der Waals surface area contributed by atoms with E-state index in [1.807, 2.05) is 0 Å². The van der Waals surface area contributed by atoms with Crippen LogP contribution in [0, 0.1) is 0 Å². The molecule has 0 aromatic carbocycles. The van der Waals surface area contributed by atoms with Crippen LogP contribution in [0.25, 0.3) is 0 Å². The SMILES string of the molecule is CCCCCCCCCOC(C(C)=O)C(C)=O. The summed E-state index contributed by atoms with van der Waals surface area (Å²) in [6.07, 6.45) is 7.59. The third-order valence-corrected chi connectivity index (χ3v) is 2.77. The van der Waals surface area contributed by atoms with Crippen molar-refractivity contribution < 1.29 is 14.3 Å². The van der Waals surface area contributed by atoms with Gasteiger partial charge in [-0.25, -0.2) is 0 Å². The standard InChI is InChI=1S/C14H26O3/c1-4-5-6-7-8-9-10-11-17-14(12(2)15)13(3)16/h14H,4-11H2,1-3H3. The predicted octanol–water partition coefficient (Wildman–Crippen LogP) is 3.30. The maximum atomic E-state index is 11.1. The maximum Gasteiger partial charge on any atom is 0.173 e. The van der Waals surface area contributed by atoms with Crippen molar-refractivity contribution in [2.75, 3.05) is 6.61 Å². The molecule has 0 spiro atoms. The molecule has 0 aromatic rings. The van der Waals surface area contributed by atoms with Crippen LogP contribution in [0.5, 0.6) is 0 Å². The molecule has 17 heavy (non-hydrogen) atoms. The fourth-order valence-electron chi connectivity index (χ4n) is 1.78. The monoisotopic (exact) mass is 242 g/mol. The number of carbonyl (C=O) groups is 2. The molecule has 0 rings (SSSR count). The highest BCUT2D eigenvalue weighted by Crippen LogP contribution is 2.07. The van der Waals surface area contributed by atoms with Gasteiger partial charge in [0.25, 0.3) is 0 Å². The van der Waals surface area contributed by atoms with Gasteiger partial charge in [0.05, 0.1) is 0 Å². The first-order valence-corrected chi connectivity index (χ1v) is 6.72. The van der Waals surface area contributed by atoms with E-state index in [1.54, 1.807) is 0 Å². The Hall–Kier alpha value is -0.700. The fourth-order valence-corrected chi connectivity index (χ4v) is 1.78. The number of ether oxygens (including phenoxy) is 1. The van der Waals surface area contributed by atoms with Crippen LogP contribution in [-0.2, 0) is 14.3 Å². The van der Waals surface area contributed by atoms with Crippen molar-refractivity contribution in [3.63, 3.8) is 0 Å². The van der Waals surface area contributed by atoms with Gasteiger partial charge in [0.2, 0.25) is 0 Å². The van der Waals surface area contributed by atoms with Crippen molar-refractivity contribution in [3.8, 4) is 0 Å². The third-order valence-electron chi connectivity index (χ3n) is 2.77. The Kier molecular flexibility index (Phi) is 10.0. The second-order valence-corrected chi connectivity index (χ2v) is 4.59. The van der Waals surface area contributed by atoms with E-state index >= 15 is 0 Å². The van der Waals surface area contributed by atoms with Crippen LogP contribution in [0.15, 0.2) is 0 Å². The number of Topliss-reactive ketones (excluding diaryl/α,β-unsaturated/α-hetero) is 2. The summed E-state index contributed by atoms with van der Waals surface area (Å²) in [5.74, 6) is -0.388. The molecule has 3 heteroatoms. The summed E-state index contributed by atoms with van der Waals surface area (Å²) in [5.41, 5.74) is 0. The minimum atomic E-state index is -0.838. The lowest BCUT2D eigenvalue weighted by molar-refractivity contribution is -0.140. The summed E-state index contributed by atoms with van der Waals surface area (Å²) >= 11 is 0. The number of carbonyl (C=O) groups excluding carboxylic acids is 2. The van der Waals surface area contributed by atoms with E-state index in [-0.39, 0.29) is 11.6 Å². The zero-order valence-electron chi connectivity index (χ0n) is 11.5. The molecule has 0 bridgehead atoms. The predicted molar refractivity (Wildman–Crippen MR) is 69.1 cm³/mol. The van der Waals surface area contributed by atoms with E-state index in [1.165, 1.54) is 46.0 Å². The molecule has 3 nitrogen and oxygen atoms in total. The summed E-state index contributed by atoms with van der Waals surface area (Å²) in [7, 11) is 0. The zero-order chi connectivity index (χ0) is 13.1. The quantitative estimate of drug-likeness (QED) is 0.412. The molecule has 0 radical (unpaired) electrons. The smallest absolute Gasteiger partial charge is 0.173 e. The van der Waals surface area contributed by atoms with Crippen LogP contribution in [0.1, 0.15) is 65.7 Å². The largest absolute Gasteiger partial charge is 0.363 e. The average Bonchev–Trinajstić information content (AvgIpc) is 2.26. The second kappa shape index (κ2) is 10.5. The number of unbranched alkanes of at least 4 members (excludes halogenated alkanes) is 6. The van der Waals surface area contributed by atoms with E-state index < -0.39 is 6.10 Å². The minimum Gasteiger partial charge on any atom is -0.363 e. The molecule has 0 fully saturated rings. The third kappa shape index (κ3) is 9.04. The molecular weight excluding hydrogens is 216 g/mol. The molecule has 0 saturated carbocycles. The summed E-state index contributed by atoms with van der Waals surface area (Å²) in [5, 5.41) is 0. The topological polar surface area (TPSA) is 43.4 Å². The van der Waals surface area contributed by atoms with Crippen LogP contribution in [0.2, 0.25) is 0 Å². The number of hydrogen-bond acceptors (Lipinski definition) is 3. The Bertz CT molecular complexity index is 210. The van der Waals surface area contributed by atoms with Crippen LogP contribution in [0.3, 0.4) is 0 Å². The lowest BCUT2D eigenvalue weighted by atomic mass is 10.1. The Morgan fingerprint density at radius 3 is 1.82 bits per heavy atom. The summed E-state index contributed by atoms with van der Waals surface area (Å²) in [6.45, 7) is 5.52. The molecule has 0 aliphatic rings. The van der Waals surface area contributed by atoms with Gasteiger partial charge in [-0.2, -0.15) is 0 Å². The second-order valence-electron chi connectivity index (χ2n) is 4.59. The van der Waals surface area contributed by atoms with Crippen LogP contribution in [0.4, 0.5) is 0 Å². The Labute approximate surface area is 105 Å². The van der Waals surface area contributed by atoms with Crippen molar-refractivity contribution in [1.82, 2.24) is 0 Å². The highest BCUT2D eigenvalue weighted by Gasteiger charge is 2.19. The average molecular weight is 242 g/mol. The normalized spacial score (nSPS) is 10.8. The molecule has 0 N–H and O–H groups in total. The van der Waals surface area contributed by atoms with E-state index in [4.69, 9.17) is 4.74 Å². The minimum absolute atomic E-state index is 0.194. The van der Waals surface area contributed by atoms with Gasteiger partial charge in [-0.15, -0.1) is 0 Å². The first-order chi connectivity index (χ1) is 8.09. The molecule has 0 unspecified atom stereocenters.